The summed E-state index contributed by atoms with van der Waals surface area (Å²) >= 11 is 5.79. The Morgan fingerprint density at radius 1 is 0.892 bits per heavy atom. The van der Waals surface area contributed by atoms with Crippen LogP contribution < -0.4 is 14.9 Å². The van der Waals surface area contributed by atoms with Crippen molar-refractivity contribution in [2.45, 2.75) is 13.1 Å². The fourth-order valence-corrected chi connectivity index (χ4v) is 3.37. The van der Waals surface area contributed by atoms with Gasteiger partial charge in [-0.25, -0.2) is 9.59 Å². The first-order valence-corrected chi connectivity index (χ1v) is 11.1. The quantitative estimate of drug-likeness (QED) is 0.203. The largest absolute Gasteiger partial charge is 0.462 e. The van der Waals surface area contributed by atoms with E-state index in [-0.39, 0.29) is 34.6 Å². The van der Waals surface area contributed by atoms with Crippen LogP contribution in [0.3, 0.4) is 0 Å². The molecule has 1 aromatic heterocycles. The zero-order chi connectivity index (χ0) is 26.7. The summed E-state index contributed by atoms with van der Waals surface area (Å²) in [6, 6.07) is 14.2. The van der Waals surface area contributed by atoms with Gasteiger partial charge >= 0.3 is 18.1 Å². The van der Waals surface area contributed by atoms with Crippen LogP contribution in [-0.4, -0.2) is 18.5 Å². The second-order valence-electron chi connectivity index (χ2n) is 7.49. The monoisotopic (exact) mass is 532 g/mol. The number of alkyl halides is 3. The maximum Gasteiger partial charge on any atom is 0.453 e. The molecule has 0 saturated carbocycles. The van der Waals surface area contributed by atoms with E-state index in [0.717, 1.165) is 12.1 Å². The summed E-state index contributed by atoms with van der Waals surface area (Å²) in [7, 11) is 0. The number of benzene rings is 3. The minimum absolute atomic E-state index is 0.140. The first-order chi connectivity index (χ1) is 17.6. The van der Waals surface area contributed by atoms with Gasteiger partial charge in [0, 0.05) is 11.1 Å². The van der Waals surface area contributed by atoms with Crippen LogP contribution >= 0.6 is 11.6 Å². The summed E-state index contributed by atoms with van der Waals surface area (Å²) < 4.78 is 61.7. The lowest BCUT2D eigenvalue weighted by Crippen LogP contribution is -2.15. The van der Waals surface area contributed by atoms with Crippen molar-refractivity contribution in [2.75, 3.05) is 6.61 Å². The Morgan fingerprint density at radius 2 is 1.49 bits per heavy atom. The maximum atomic E-state index is 13.8. The van der Waals surface area contributed by atoms with Crippen molar-refractivity contribution < 1.29 is 41.4 Å². The third-order valence-corrected chi connectivity index (χ3v) is 5.21. The molecular formula is C26H16ClF3O7. The number of esters is 2. The van der Waals surface area contributed by atoms with Gasteiger partial charge in [-0.05, 0) is 67.6 Å². The molecule has 190 valence electrons. The Kier molecular flexibility index (Phi) is 7.21. The molecule has 7 nitrogen and oxygen atoms in total. The van der Waals surface area contributed by atoms with E-state index in [0.29, 0.717) is 5.02 Å². The molecule has 4 aromatic rings. The highest BCUT2D eigenvalue weighted by molar-refractivity contribution is 6.30. The summed E-state index contributed by atoms with van der Waals surface area (Å²) in [5.41, 5.74) is -1.27. The highest BCUT2D eigenvalue weighted by Crippen LogP contribution is 2.38. The van der Waals surface area contributed by atoms with Crippen LogP contribution in [0.5, 0.6) is 17.2 Å². The summed E-state index contributed by atoms with van der Waals surface area (Å²) in [6.45, 7) is 1.77. The third kappa shape index (κ3) is 5.75. The van der Waals surface area contributed by atoms with Crippen LogP contribution in [0.15, 0.2) is 75.9 Å². The van der Waals surface area contributed by atoms with Crippen LogP contribution in [0, 0.1) is 0 Å². The first-order valence-electron chi connectivity index (χ1n) is 10.7. The van der Waals surface area contributed by atoms with Crippen LogP contribution in [0.25, 0.3) is 11.0 Å². The van der Waals surface area contributed by atoms with Crippen LogP contribution in [0.1, 0.15) is 33.4 Å². The van der Waals surface area contributed by atoms with Crippen LogP contribution in [-0.2, 0) is 10.9 Å². The van der Waals surface area contributed by atoms with E-state index in [9.17, 15) is 27.6 Å². The number of fused-ring (bicyclic) bond motifs is 1. The smallest absolute Gasteiger partial charge is 0.453 e. The fourth-order valence-electron chi connectivity index (χ4n) is 3.24. The van der Waals surface area contributed by atoms with Crippen molar-refractivity contribution in [3.8, 4) is 17.2 Å². The standard InChI is InChI=1S/C26H16ClF3O7/c1-2-34-24(32)14-5-9-17(10-6-14)35-22-21(31)19-12-11-18(13-20(19)37-23(22)26(28,29)30)36-25(33)15-3-7-16(27)8-4-15/h3-13H,2H2,1H3. The van der Waals surface area contributed by atoms with E-state index in [1.807, 2.05) is 0 Å². The van der Waals surface area contributed by atoms with E-state index in [1.165, 1.54) is 54.6 Å². The Morgan fingerprint density at radius 3 is 2.11 bits per heavy atom. The lowest BCUT2D eigenvalue weighted by atomic mass is 10.2. The normalized spacial score (nSPS) is 11.3. The Balaban J connectivity index is 1.68. The summed E-state index contributed by atoms with van der Waals surface area (Å²) in [6.07, 6.45) is -5.09. The molecule has 0 unspecified atom stereocenters. The number of rotatable bonds is 6. The minimum Gasteiger partial charge on any atom is -0.462 e. The summed E-state index contributed by atoms with van der Waals surface area (Å²) in [5, 5.41) is 0.161. The molecular weight excluding hydrogens is 517 g/mol. The van der Waals surface area contributed by atoms with Crippen molar-refractivity contribution in [2.24, 2.45) is 0 Å². The number of carbonyl (C=O) groups excluding carboxylic acids is 2. The van der Waals surface area contributed by atoms with Gasteiger partial charge in [0.2, 0.25) is 11.2 Å². The molecule has 4 rings (SSSR count). The van der Waals surface area contributed by atoms with E-state index >= 15 is 0 Å². The molecule has 0 N–H and O–H groups in total. The van der Waals surface area contributed by atoms with Gasteiger partial charge in [-0.15, -0.1) is 0 Å². The van der Waals surface area contributed by atoms with Gasteiger partial charge in [0.15, 0.2) is 0 Å². The minimum atomic E-state index is -5.09. The number of ether oxygens (including phenoxy) is 3. The molecule has 0 bridgehead atoms. The van der Waals surface area contributed by atoms with Crippen molar-refractivity contribution in [3.05, 3.63) is 98.9 Å². The van der Waals surface area contributed by atoms with Gasteiger partial charge in [-0.2, -0.15) is 13.2 Å². The predicted octanol–water partition coefficient (Wildman–Crippen LogP) is 6.65. The molecule has 0 fully saturated rings. The Labute approximate surface area is 211 Å². The van der Waals surface area contributed by atoms with Gasteiger partial charge in [0.1, 0.15) is 17.1 Å². The summed E-state index contributed by atoms with van der Waals surface area (Å²) in [4.78, 5) is 37.1. The fraction of sp³-hybridized carbons (Fsp3) is 0.115. The highest BCUT2D eigenvalue weighted by Gasteiger charge is 2.40. The molecule has 0 aliphatic carbocycles. The second kappa shape index (κ2) is 10.4. The first kappa shape index (κ1) is 25.8. The molecule has 3 aromatic carbocycles. The van der Waals surface area contributed by atoms with Gasteiger partial charge in [0.05, 0.1) is 23.1 Å². The molecule has 37 heavy (non-hydrogen) atoms. The van der Waals surface area contributed by atoms with E-state index in [2.05, 4.69) is 0 Å². The van der Waals surface area contributed by atoms with Crippen LogP contribution in [0.2, 0.25) is 5.02 Å². The van der Waals surface area contributed by atoms with Gasteiger partial charge in [0.25, 0.3) is 5.76 Å². The zero-order valence-electron chi connectivity index (χ0n) is 18.9. The Bertz CT molecular complexity index is 1530. The maximum absolute atomic E-state index is 13.8. The third-order valence-electron chi connectivity index (χ3n) is 4.96. The van der Waals surface area contributed by atoms with Crippen LogP contribution in [0.4, 0.5) is 13.2 Å². The number of hydrogen-bond acceptors (Lipinski definition) is 7. The molecule has 0 aliphatic heterocycles. The molecule has 0 saturated heterocycles. The van der Waals surface area contributed by atoms with Crippen molar-refractivity contribution in [1.82, 2.24) is 0 Å². The van der Waals surface area contributed by atoms with Crippen molar-refractivity contribution in [3.63, 3.8) is 0 Å². The number of halogens is 4. The van der Waals surface area contributed by atoms with Gasteiger partial charge in [-0.3, -0.25) is 4.79 Å². The summed E-state index contributed by atoms with van der Waals surface area (Å²) in [5.74, 6) is -4.47. The Hall–Kier alpha value is -4.31. The van der Waals surface area contributed by atoms with Crippen molar-refractivity contribution >= 4 is 34.5 Å². The molecule has 1 heterocycles. The van der Waals surface area contributed by atoms with Crippen molar-refractivity contribution in [1.29, 1.82) is 0 Å². The van der Waals surface area contributed by atoms with Gasteiger partial charge in [-0.1, -0.05) is 11.6 Å². The van der Waals surface area contributed by atoms with Gasteiger partial charge < -0.3 is 18.6 Å². The van der Waals surface area contributed by atoms with E-state index in [1.54, 1.807) is 6.92 Å². The SMILES string of the molecule is CCOC(=O)c1ccc(Oc2c(C(F)(F)F)oc3cc(OC(=O)c4ccc(Cl)cc4)ccc3c2=O)cc1. The average molecular weight is 533 g/mol. The second-order valence-corrected chi connectivity index (χ2v) is 7.92. The molecule has 11 heteroatoms. The van der Waals surface area contributed by atoms with E-state index in [4.69, 9.17) is 30.2 Å². The average Bonchev–Trinajstić information content (AvgIpc) is 2.86. The van der Waals surface area contributed by atoms with E-state index < -0.39 is 40.6 Å². The molecule has 0 atom stereocenters. The lowest BCUT2D eigenvalue weighted by molar-refractivity contribution is -0.154. The molecule has 0 amide bonds. The molecule has 0 radical (unpaired) electrons. The lowest BCUT2D eigenvalue weighted by Gasteiger charge is -2.14. The highest BCUT2D eigenvalue weighted by atomic mass is 35.5. The molecule has 0 aliphatic rings. The zero-order valence-corrected chi connectivity index (χ0v) is 19.7. The molecule has 0 spiro atoms. The topological polar surface area (TPSA) is 92.0 Å². The number of carbonyl (C=O) groups is 2. The number of hydrogen-bond donors (Lipinski definition) is 0. The predicted molar refractivity (Wildman–Crippen MR) is 126 cm³/mol.